The van der Waals surface area contributed by atoms with Gasteiger partial charge in [0.05, 0.1) is 18.1 Å². The van der Waals surface area contributed by atoms with Crippen molar-refractivity contribution in [1.29, 1.82) is 0 Å². The minimum absolute atomic E-state index is 0.0250. The summed E-state index contributed by atoms with van der Waals surface area (Å²) in [6, 6.07) is 6.80. The van der Waals surface area contributed by atoms with Gasteiger partial charge in [-0.1, -0.05) is 29.8 Å². The number of halogens is 1. The Balaban J connectivity index is 1.77. The first kappa shape index (κ1) is 15.5. The molecule has 3 aliphatic carbocycles. The van der Waals surface area contributed by atoms with Gasteiger partial charge in [-0.3, -0.25) is 4.79 Å². The predicted octanol–water partition coefficient (Wildman–Crippen LogP) is 3.61. The fourth-order valence-electron chi connectivity index (χ4n) is 4.23. The molecule has 1 N–H and O–H groups in total. The van der Waals surface area contributed by atoms with Gasteiger partial charge in [0.25, 0.3) is 0 Å². The number of ether oxygens (including phenoxy) is 1. The number of amides is 1. The number of alkyl halides is 1. The molecule has 0 unspecified atom stereocenters. The number of anilines is 1. The highest BCUT2D eigenvalue weighted by molar-refractivity contribution is 9.09. The maximum Gasteiger partial charge on any atom is 0.337 e. The molecular weight excluding hydrogens is 346 g/mol. The van der Waals surface area contributed by atoms with Gasteiger partial charge in [-0.15, -0.1) is 0 Å². The minimum Gasteiger partial charge on any atom is -0.465 e. The summed E-state index contributed by atoms with van der Waals surface area (Å²) in [6.07, 6.45) is 2.02. The highest BCUT2D eigenvalue weighted by atomic mass is 79.9. The van der Waals surface area contributed by atoms with E-state index in [1.807, 2.05) is 0 Å². The highest BCUT2D eigenvalue weighted by Gasteiger charge is 2.73. The van der Waals surface area contributed by atoms with Crippen LogP contribution in [0.5, 0.6) is 0 Å². The first-order valence-corrected chi connectivity index (χ1v) is 8.40. The van der Waals surface area contributed by atoms with E-state index in [0.717, 1.165) is 12.8 Å². The van der Waals surface area contributed by atoms with Crippen molar-refractivity contribution in [1.82, 2.24) is 0 Å². The smallest absolute Gasteiger partial charge is 0.337 e. The number of hydrogen-bond donors (Lipinski definition) is 1. The Morgan fingerprint density at radius 1 is 1.27 bits per heavy atom. The number of fused-ring (bicyclic) bond motifs is 1. The monoisotopic (exact) mass is 365 g/mol. The Kier molecular flexibility index (Phi) is 3.59. The number of benzene rings is 1. The molecule has 0 saturated heterocycles. The molecule has 2 bridgehead atoms. The normalized spacial score (nSPS) is 31.3. The number of nitrogens with one attached hydrogen (secondary N) is 1. The fourth-order valence-corrected chi connectivity index (χ4v) is 6.18. The van der Waals surface area contributed by atoms with Gasteiger partial charge in [-0.25, -0.2) is 4.79 Å². The molecule has 3 fully saturated rings. The van der Waals surface area contributed by atoms with Gasteiger partial charge >= 0.3 is 5.97 Å². The Morgan fingerprint density at radius 2 is 1.91 bits per heavy atom. The summed E-state index contributed by atoms with van der Waals surface area (Å²) in [7, 11) is 1.35. The standard InChI is InChI=1S/C17H20BrNO3/c1-16(2)12-8-9-17(16,13(12)18)15(21)19-11-6-4-10(5-7-11)14(20)22-3/h4-7,12-13H,8-9H2,1-3H3,(H,19,21)/t12-,13+,17+/m0/s1. The molecule has 0 radical (unpaired) electrons. The lowest BCUT2D eigenvalue weighted by atomic mass is 9.50. The van der Waals surface area contributed by atoms with E-state index in [-0.39, 0.29) is 27.5 Å². The van der Waals surface area contributed by atoms with Crippen LogP contribution < -0.4 is 5.32 Å². The minimum atomic E-state index is -0.379. The first-order chi connectivity index (χ1) is 10.3. The van der Waals surface area contributed by atoms with Crippen LogP contribution in [0.4, 0.5) is 5.69 Å². The maximum absolute atomic E-state index is 12.8. The topological polar surface area (TPSA) is 55.4 Å². The lowest BCUT2D eigenvalue weighted by Crippen LogP contribution is -2.63. The summed E-state index contributed by atoms with van der Waals surface area (Å²) in [5.74, 6) is 0.259. The number of hydrogen-bond acceptors (Lipinski definition) is 3. The van der Waals surface area contributed by atoms with Crippen LogP contribution in [0.15, 0.2) is 24.3 Å². The van der Waals surface area contributed by atoms with E-state index in [1.165, 1.54) is 7.11 Å². The molecule has 0 spiro atoms. The fraction of sp³-hybridized carbons (Fsp3) is 0.529. The third kappa shape index (κ3) is 1.87. The SMILES string of the molecule is COC(=O)c1ccc(NC(=O)[C@@]23CC[C@@H]([C@H]2Br)C3(C)C)cc1. The second-order valence-electron chi connectivity index (χ2n) is 6.76. The van der Waals surface area contributed by atoms with Crippen LogP contribution in [-0.2, 0) is 9.53 Å². The summed E-state index contributed by atoms with van der Waals surface area (Å²) >= 11 is 3.72. The predicted molar refractivity (Wildman–Crippen MR) is 88.1 cm³/mol. The number of carbonyl (C=O) groups is 2. The summed E-state index contributed by atoms with van der Waals surface area (Å²) in [4.78, 5) is 24.5. The molecule has 1 amide bonds. The van der Waals surface area contributed by atoms with Crippen LogP contribution in [0, 0.1) is 16.7 Å². The second kappa shape index (κ2) is 5.08. The zero-order chi connectivity index (χ0) is 16.1. The maximum atomic E-state index is 12.8. The molecule has 118 valence electrons. The quantitative estimate of drug-likeness (QED) is 0.657. The Labute approximate surface area is 138 Å². The van der Waals surface area contributed by atoms with Crippen molar-refractivity contribution in [2.45, 2.75) is 31.5 Å². The van der Waals surface area contributed by atoms with Crippen LogP contribution >= 0.6 is 15.9 Å². The van der Waals surface area contributed by atoms with Crippen LogP contribution in [0.25, 0.3) is 0 Å². The molecule has 3 saturated carbocycles. The van der Waals surface area contributed by atoms with Crippen LogP contribution in [-0.4, -0.2) is 23.8 Å². The van der Waals surface area contributed by atoms with Crippen LogP contribution in [0.3, 0.4) is 0 Å². The van der Waals surface area contributed by atoms with Crippen LogP contribution in [0.1, 0.15) is 37.0 Å². The van der Waals surface area contributed by atoms with Crippen molar-refractivity contribution in [3.05, 3.63) is 29.8 Å². The van der Waals surface area contributed by atoms with Gasteiger partial charge in [-0.05, 0) is 48.4 Å². The second-order valence-corrected chi connectivity index (χ2v) is 7.75. The van der Waals surface area contributed by atoms with Gasteiger partial charge in [-0.2, -0.15) is 0 Å². The molecule has 5 heteroatoms. The average Bonchev–Trinajstić information content (AvgIpc) is 3.01. The molecule has 3 atom stereocenters. The molecule has 1 aromatic carbocycles. The van der Waals surface area contributed by atoms with Gasteiger partial charge < -0.3 is 10.1 Å². The van der Waals surface area contributed by atoms with Crippen molar-refractivity contribution < 1.29 is 14.3 Å². The molecule has 4 nitrogen and oxygen atoms in total. The lowest BCUT2D eigenvalue weighted by molar-refractivity contribution is -0.142. The van der Waals surface area contributed by atoms with Crippen molar-refractivity contribution in [2.75, 3.05) is 12.4 Å². The molecule has 0 aliphatic heterocycles. The summed E-state index contributed by atoms with van der Waals surface area (Å²) in [5, 5.41) is 3.01. The third-order valence-corrected chi connectivity index (χ3v) is 7.14. The van der Waals surface area contributed by atoms with Gasteiger partial charge in [0.1, 0.15) is 0 Å². The third-order valence-electron chi connectivity index (χ3n) is 5.72. The van der Waals surface area contributed by atoms with Crippen molar-refractivity contribution in [2.24, 2.45) is 16.7 Å². The average molecular weight is 366 g/mol. The van der Waals surface area contributed by atoms with E-state index in [9.17, 15) is 9.59 Å². The zero-order valence-electron chi connectivity index (χ0n) is 13.0. The molecule has 0 heterocycles. The lowest BCUT2D eigenvalue weighted by Gasteiger charge is -2.57. The summed E-state index contributed by atoms with van der Waals surface area (Å²) in [6.45, 7) is 4.37. The molecule has 0 aromatic heterocycles. The number of carbonyl (C=O) groups excluding carboxylic acids is 2. The van der Waals surface area contributed by atoms with Crippen molar-refractivity contribution >= 4 is 33.5 Å². The largest absolute Gasteiger partial charge is 0.465 e. The van der Waals surface area contributed by atoms with Crippen molar-refractivity contribution in [3.63, 3.8) is 0 Å². The van der Waals surface area contributed by atoms with Gasteiger partial charge in [0.15, 0.2) is 0 Å². The number of methoxy groups -OCH3 is 1. The van der Waals surface area contributed by atoms with Gasteiger partial charge in [0.2, 0.25) is 5.91 Å². The molecule has 22 heavy (non-hydrogen) atoms. The Bertz CT molecular complexity index is 625. The van der Waals surface area contributed by atoms with E-state index in [0.29, 0.717) is 17.2 Å². The summed E-state index contributed by atoms with van der Waals surface area (Å²) in [5.41, 5.74) is 0.871. The number of esters is 1. The zero-order valence-corrected chi connectivity index (χ0v) is 14.6. The van der Waals surface area contributed by atoms with E-state index in [1.54, 1.807) is 24.3 Å². The van der Waals surface area contributed by atoms with Crippen molar-refractivity contribution in [3.8, 4) is 0 Å². The summed E-state index contributed by atoms with van der Waals surface area (Å²) < 4.78 is 4.67. The number of rotatable bonds is 3. The highest BCUT2D eigenvalue weighted by Crippen LogP contribution is 2.73. The van der Waals surface area contributed by atoms with Gasteiger partial charge in [0, 0.05) is 10.5 Å². The molecule has 4 rings (SSSR count). The molecular formula is C17H20BrNO3. The first-order valence-electron chi connectivity index (χ1n) is 7.48. The molecule has 3 aliphatic rings. The van der Waals surface area contributed by atoms with E-state index in [2.05, 4.69) is 39.8 Å². The van der Waals surface area contributed by atoms with E-state index < -0.39 is 0 Å². The Morgan fingerprint density at radius 3 is 2.36 bits per heavy atom. The van der Waals surface area contributed by atoms with E-state index in [4.69, 9.17) is 0 Å². The van der Waals surface area contributed by atoms with Crippen LogP contribution in [0.2, 0.25) is 0 Å². The molecule has 1 aromatic rings. The Hall–Kier alpha value is -1.36. The van der Waals surface area contributed by atoms with E-state index >= 15 is 0 Å².